The molecule has 0 fully saturated rings. The average molecular weight is 535 g/mol. The van der Waals surface area contributed by atoms with E-state index < -0.39 is 17.8 Å². The fourth-order valence-electron chi connectivity index (χ4n) is 2.75. The minimum atomic E-state index is -0.644. The summed E-state index contributed by atoms with van der Waals surface area (Å²) < 4.78 is 10.7. The Morgan fingerprint density at radius 3 is 2.40 bits per heavy atom. The second-order valence-corrected chi connectivity index (χ2v) is 8.11. The Hall–Kier alpha value is -3.59. The normalized spacial score (nSPS) is 10.6. The van der Waals surface area contributed by atoms with Gasteiger partial charge in [-0.15, -0.1) is 0 Å². The topological polar surface area (TPSA) is 106 Å². The summed E-state index contributed by atoms with van der Waals surface area (Å²) in [5.74, 6) is -1.23. The highest BCUT2D eigenvalue weighted by atomic mass is 35.5. The van der Waals surface area contributed by atoms with E-state index in [-0.39, 0.29) is 39.2 Å². The van der Waals surface area contributed by atoms with Crippen molar-refractivity contribution in [3.8, 4) is 11.5 Å². The van der Waals surface area contributed by atoms with Gasteiger partial charge in [-0.05, 0) is 54.1 Å². The van der Waals surface area contributed by atoms with Crippen molar-refractivity contribution in [1.29, 1.82) is 0 Å². The Morgan fingerprint density at radius 1 is 0.914 bits per heavy atom. The number of ether oxygens (including phenoxy) is 2. The number of hydrazone groups is 1. The lowest BCUT2D eigenvalue weighted by molar-refractivity contribution is -0.120. The van der Waals surface area contributed by atoms with E-state index in [0.717, 1.165) is 0 Å². The summed E-state index contributed by atoms with van der Waals surface area (Å²) in [7, 11) is 1.41. The minimum Gasteiger partial charge on any atom is -0.493 e. The molecular formula is C24H18Cl3N3O5. The van der Waals surface area contributed by atoms with Gasteiger partial charge < -0.3 is 14.8 Å². The van der Waals surface area contributed by atoms with Crippen molar-refractivity contribution in [2.45, 2.75) is 0 Å². The number of hydrogen-bond acceptors (Lipinski definition) is 6. The van der Waals surface area contributed by atoms with Crippen molar-refractivity contribution in [2.24, 2.45) is 5.10 Å². The molecule has 180 valence electrons. The standard InChI is InChI=1S/C24H18Cl3N3O5/c1-34-21-10-14(6-9-20(21)35-24(33)15-7-8-18(26)19(27)11-15)12-29-30-22(31)13-28-23(32)16-4-2-3-5-17(16)25/h2-12H,13H2,1H3,(H,28,32)(H,30,31)/b29-12+. The minimum absolute atomic E-state index is 0.173. The summed E-state index contributed by atoms with van der Waals surface area (Å²) in [5, 5.41) is 7.13. The number of halogens is 3. The van der Waals surface area contributed by atoms with Gasteiger partial charge >= 0.3 is 5.97 Å². The lowest BCUT2D eigenvalue weighted by atomic mass is 10.2. The van der Waals surface area contributed by atoms with Crippen LogP contribution in [0.1, 0.15) is 26.3 Å². The van der Waals surface area contributed by atoms with Crippen LogP contribution < -0.4 is 20.2 Å². The molecule has 3 aromatic carbocycles. The molecule has 3 aromatic rings. The van der Waals surface area contributed by atoms with Gasteiger partial charge in [0, 0.05) is 0 Å². The van der Waals surface area contributed by atoms with Crippen molar-refractivity contribution < 1.29 is 23.9 Å². The van der Waals surface area contributed by atoms with Crippen LogP contribution in [-0.4, -0.2) is 37.7 Å². The van der Waals surface area contributed by atoms with Crippen molar-refractivity contribution in [3.63, 3.8) is 0 Å². The van der Waals surface area contributed by atoms with Gasteiger partial charge in [0.25, 0.3) is 11.8 Å². The zero-order valence-corrected chi connectivity index (χ0v) is 20.4. The summed E-state index contributed by atoms with van der Waals surface area (Å²) in [6.07, 6.45) is 1.36. The zero-order chi connectivity index (χ0) is 25.4. The summed E-state index contributed by atoms with van der Waals surface area (Å²) in [4.78, 5) is 36.5. The number of amides is 2. The first-order valence-electron chi connectivity index (χ1n) is 9.98. The molecule has 2 N–H and O–H groups in total. The smallest absolute Gasteiger partial charge is 0.343 e. The van der Waals surface area contributed by atoms with E-state index in [1.165, 1.54) is 37.6 Å². The van der Waals surface area contributed by atoms with Gasteiger partial charge in [0.15, 0.2) is 11.5 Å². The zero-order valence-electron chi connectivity index (χ0n) is 18.2. The maximum atomic E-state index is 12.4. The monoisotopic (exact) mass is 533 g/mol. The molecule has 0 spiro atoms. The van der Waals surface area contributed by atoms with E-state index >= 15 is 0 Å². The Kier molecular flexibility index (Phi) is 9.08. The van der Waals surface area contributed by atoms with Gasteiger partial charge in [-0.25, -0.2) is 10.2 Å². The van der Waals surface area contributed by atoms with Gasteiger partial charge in [-0.3, -0.25) is 9.59 Å². The molecule has 8 nitrogen and oxygen atoms in total. The third-order valence-electron chi connectivity index (χ3n) is 4.48. The molecule has 0 radical (unpaired) electrons. The molecule has 0 aliphatic carbocycles. The highest BCUT2D eigenvalue weighted by Crippen LogP contribution is 2.29. The molecule has 11 heteroatoms. The van der Waals surface area contributed by atoms with Crippen molar-refractivity contribution in [3.05, 3.63) is 92.4 Å². The first-order valence-corrected chi connectivity index (χ1v) is 11.1. The van der Waals surface area contributed by atoms with Crippen LogP contribution in [-0.2, 0) is 4.79 Å². The fourth-order valence-corrected chi connectivity index (χ4v) is 3.27. The number of nitrogens with zero attached hydrogens (tertiary/aromatic N) is 1. The highest BCUT2D eigenvalue weighted by Gasteiger charge is 2.14. The Bertz CT molecular complexity index is 1300. The van der Waals surface area contributed by atoms with Crippen molar-refractivity contribution >= 4 is 58.8 Å². The number of hydrogen-bond donors (Lipinski definition) is 2. The number of benzene rings is 3. The Balaban J connectivity index is 1.56. The van der Waals surface area contributed by atoms with E-state index in [9.17, 15) is 14.4 Å². The molecule has 35 heavy (non-hydrogen) atoms. The third-order valence-corrected chi connectivity index (χ3v) is 5.55. The molecule has 0 saturated carbocycles. The van der Waals surface area contributed by atoms with Crippen LogP contribution in [0.25, 0.3) is 0 Å². The van der Waals surface area contributed by atoms with E-state index in [1.54, 1.807) is 36.4 Å². The lowest BCUT2D eigenvalue weighted by Crippen LogP contribution is -2.35. The number of esters is 1. The number of carbonyl (C=O) groups excluding carboxylic acids is 3. The predicted molar refractivity (Wildman–Crippen MR) is 134 cm³/mol. The van der Waals surface area contributed by atoms with Crippen molar-refractivity contribution in [1.82, 2.24) is 10.7 Å². The molecular weight excluding hydrogens is 517 g/mol. The number of carbonyl (C=O) groups is 3. The Labute approximate surface area is 215 Å². The lowest BCUT2D eigenvalue weighted by Gasteiger charge is -2.10. The SMILES string of the molecule is COc1cc(/C=N/NC(=O)CNC(=O)c2ccccc2Cl)ccc1OC(=O)c1ccc(Cl)c(Cl)c1. The van der Waals surface area contributed by atoms with Crippen LogP contribution in [0.3, 0.4) is 0 Å². The number of methoxy groups -OCH3 is 1. The van der Waals surface area contributed by atoms with Gasteiger partial charge in [-0.1, -0.05) is 46.9 Å². The van der Waals surface area contributed by atoms with Gasteiger partial charge in [-0.2, -0.15) is 5.10 Å². The van der Waals surface area contributed by atoms with E-state index in [4.69, 9.17) is 44.3 Å². The molecule has 0 bridgehead atoms. The molecule has 0 aromatic heterocycles. The molecule has 0 heterocycles. The number of rotatable bonds is 8. The van der Waals surface area contributed by atoms with E-state index in [2.05, 4.69) is 15.8 Å². The molecule has 0 aliphatic heterocycles. The average Bonchev–Trinajstić information content (AvgIpc) is 2.85. The van der Waals surface area contributed by atoms with Crippen LogP contribution >= 0.6 is 34.8 Å². The Morgan fingerprint density at radius 2 is 1.69 bits per heavy atom. The highest BCUT2D eigenvalue weighted by molar-refractivity contribution is 6.42. The maximum Gasteiger partial charge on any atom is 0.343 e. The first kappa shape index (κ1) is 26.0. The molecule has 0 aliphatic rings. The summed E-state index contributed by atoms with van der Waals surface area (Å²) >= 11 is 17.8. The third kappa shape index (κ3) is 7.19. The predicted octanol–water partition coefficient (Wildman–Crippen LogP) is 4.75. The second-order valence-electron chi connectivity index (χ2n) is 6.88. The molecule has 0 saturated heterocycles. The molecule has 0 unspecified atom stereocenters. The van der Waals surface area contributed by atoms with E-state index in [0.29, 0.717) is 10.6 Å². The van der Waals surface area contributed by atoms with Gasteiger partial charge in [0.05, 0.1) is 46.1 Å². The van der Waals surface area contributed by atoms with Gasteiger partial charge in [0.2, 0.25) is 0 Å². The fraction of sp³-hybridized carbons (Fsp3) is 0.0833. The van der Waals surface area contributed by atoms with Crippen LogP contribution in [0, 0.1) is 0 Å². The second kappa shape index (κ2) is 12.2. The van der Waals surface area contributed by atoms with Crippen molar-refractivity contribution in [2.75, 3.05) is 13.7 Å². The number of nitrogens with one attached hydrogen (secondary N) is 2. The first-order chi connectivity index (χ1) is 16.8. The molecule has 0 atom stereocenters. The maximum absolute atomic E-state index is 12.4. The van der Waals surface area contributed by atoms with Crippen LogP contribution in [0.5, 0.6) is 11.5 Å². The summed E-state index contributed by atoms with van der Waals surface area (Å²) in [6, 6.07) is 15.6. The van der Waals surface area contributed by atoms with Gasteiger partial charge in [0.1, 0.15) is 0 Å². The largest absolute Gasteiger partial charge is 0.493 e. The summed E-state index contributed by atoms with van der Waals surface area (Å²) in [6.45, 7) is -0.297. The van der Waals surface area contributed by atoms with Crippen LogP contribution in [0.4, 0.5) is 0 Å². The molecule has 2 amide bonds. The summed E-state index contributed by atoms with van der Waals surface area (Å²) in [5.41, 5.74) is 3.33. The molecule has 3 rings (SSSR count). The van der Waals surface area contributed by atoms with E-state index in [1.807, 2.05) is 0 Å². The van der Waals surface area contributed by atoms with Crippen LogP contribution in [0.15, 0.2) is 65.8 Å². The van der Waals surface area contributed by atoms with Crippen LogP contribution in [0.2, 0.25) is 15.1 Å². The quantitative estimate of drug-likeness (QED) is 0.188.